The molecule has 2 aromatic rings. The third kappa shape index (κ3) is 2.23. The quantitative estimate of drug-likeness (QED) is 0.777. The first-order valence-electron chi connectivity index (χ1n) is 7.22. The van der Waals surface area contributed by atoms with Gasteiger partial charge in [0.2, 0.25) is 0 Å². The predicted molar refractivity (Wildman–Crippen MR) is 82.4 cm³/mol. The van der Waals surface area contributed by atoms with Gasteiger partial charge in [-0.25, -0.2) is 4.98 Å². The van der Waals surface area contributed by atoms with Crippen LogP contribution in [0.1, 0.15) is 43.5 Å². The number of imidazole rings is 1. The number of benzene rings is 1. The van der Waals surface area contributed by atoms with Gasteiger partial charge in [0.1, 0.15) is 5.82 Å². The molecule has 1 aliphatic rings. The molecule has 0 saturated carbocycles. The minimum Gasteiger partial charge on any atom is -0.381 e. The van der Waals surface area contributed by atoms with Gasteiger partial charge in [-0.2, -0.15) is 0 Å². The van der Waals surface area contributed by atoms with Crippen LogP contribution in [0, 0.1) is 6.92 Å². The molecule has 1 fully saturated rings. The second kappa shape index (κ2) is 5.05. The maximum Gasteiger partial charge on any atom is 0.128 e. The van der Waals surface area contributed by atoms with Crippen molar-refractivity contribution in [1.82, 2.24) is 9.55 Å². The molecule has 1 aliphatic heterocycles. The average Bonchev–Trinajstić information content (AvgIpc) is 2.79. The van der Waals surface area contributed by atoms with Gasteiger partial charge in [-0.05, 0) is 51.3 Å². The molecule has 0 bridgehead atoms. The Morgan fingerprint density at radius 1 is 1.35 bits per heavy atom. The van der Waals surface area contributed by atoms with Crippen molar-refractivity contribution in [3.05, 3.63) is 29.6 Å². The van der Waals surface area contributed by atoms with E-state index in [-0.39, 0.29) is 10.9 Å². The van der Waals surface area contributed by atoms with Crippen LogP contribution in [-0.4, -0.2) is 22.8 Å². The van der Waals surface area contributed by atoms with Gasteiger partial charge in [0.15, 0.2) is 0 Å². The molecule has 2 heterocycles. The fourth-order valence-electron chi connectivity index (χ4n) is 3.08. The molecule has 3 nitrogen and oxygen atoms in total. The predicted octanol–water partition coefficient (Wildman–Crippen LogP) is 4.17. The van der Waals surface area contributed by atoms with E-state index in [1.165, 1.54) is 11.1 Å². The summed E-state index contributed by atoms with van der Waals surface area (Å²) in [6, 6.07) is 6.45. The maximum absolute atomic E-state index is 6.39. The summed E-state index contributed by atoms with van der Waals surface area (Å²) in [6.07, 6.45) is 2.01. The lowest BCUT2D eigenvalue weighted by Gasteiger charge is -2.37. The molecule has 4 heteroatoms. The zero-order valence-corrected chi connectivity index (χ0v) is 13.1. The van der Waals surface area contributed by atoms with Crippen LogP contribution in [0.15, 0.2) is 18.2 Å². The Morgan fingerprint density at radius 3 is 2.70 bits per heavy atom. The highest BCUT2D eigenvalue weighted by Crippen LogP contribution is 2.36. The average molecular weight is 293 g/mol. The molecule has 1 unspecified atom stereocenters. The Kier molecular flexibility index (Phi) is 3.51. The SMILES string of the molecule is Cc1ccc2c(c1)nc(C(C)Cl)n2C1(C)CCOCC1. The normalized spacial score (nSPS) is 20.2. The van der Waals surface area contributed by atoms with Gasteiger partial charge < -0.3 is 9.30 Å². The van der Waals surface area contributed by atoms with Crippen LogP contribution in [0.25, 0.3) is 11.0 Å². The Balaban J connectivity index is 2.23. The van der Waals surface area contributed by atoms with Crippen LogP contribution in [0.2, 0.25) is 0 Å². The van der Waals surface area contributed by atoms with Crippen molar-refractivity contribution in [3.8, 4) is 0 Å². The monoisotopic (exact) mass is 292 g/mol. The van der Waals surface area contributed by atoms with Crippen LogP contribution >= 0.6 is 11.6 Å². The van der Waals surface area contributed by atoms with Crippen molar-refractivity contribution >= 4 is 22.6 Å². The largest absolute Gasteiger partial charge is 0.381 e. The zero-order chi connectivity index (χ0) is 14.3. The fourth-order valence-corrected chi connectivity index (χ4v) is 3.22. The van der Waals surface area contributed by atoms with Crippen LogP contribution in [0.5, 0.6) is 0 Å². The van der Waals surface area contributed by atoms with E-state index in [9.17, 15) is 0 Å². The van der Waals surface area contributed by atoms with Crippen molar-refractivity contribution in [3.63, 3.8) is 0 Å². The van der Waals surface area contributed by atoms with Crippen LogP contribution in [-0.2, 0) is 10.3 Å². The highest BCUT2D eigenvalue weighted by molar-refractivity contribution is 6.20. The van der Waals surface area contributed by atoms with Gasteiger partial charge in [0.05, 0.1) is 16.4 Å². The summed E-state index contributed by atoms with van der Waals surface area (Å²) < 4.78 is 7.88. The van der Waals surface area contributed by atoms with Crippen molar-refractivity contribution in [2.24, 2.45) is 0 Å². The lowest BCUT2D eigenvalue weighted by atomic mass is 9.91. The molecular weight excluding hydrogens is 272 g/mol. The molecule has 0 aliphatic carbocycles. The molecule has 1 saturated heterocycles. The summed E-state index contributed by atoms with van der Waals surface area (Å²) in [7, 11) is 0. The smallest absolute Gasteiger partial charge is 0.128 e. The minimum absolute atomic E-state index is 0.0424. The molecule has 0 radical (unpaired) electrons. The number of rotatable bonds is 2. The van der Waals surface area contributed by atoms with E-state index in [0.29, 0.717) is 0 Å². The van der Waals surface area contributed by atoms with E-state index >= 15 is 0 Å². The Morgan fingerprint density at radius 2 is 2.05 bits per heavy atom. The summed E-state index contributed by atoms with van der Waals surface area (Å²) in [5, 5.41) is -0.0950. The molecule has 1 aromatic heterocycles. The number of alkyl halides is 1. The molecule has 108 valence electrons. The number of hydrogen-bond donors (Lipinski definition) is 0. The maximum atomic E-state index is 6.39. The number of aromatic nitrogens is 2. The summed E-state index contributed by atoms with van der Waals surface area (Å²) >= 11 is 6.39. The summed E-state index contributed by atoms with van der Waals surface area (Å²) in [4.78, 5) is 4.78. The molecule has 0 N–H and O–H groups in total. The summed E-state index contributed by atoms with van der Waals surface area (Å²) in [6.45, 7) is 7.99. The fraction of sp³-hybridized carbons (Fsp3) is 0.562. The van der Waals surface area contributed by atoms with E-state index in [2.05, 4.69) is 36.6 Å². The minimum atomic E-state index is -0.0950. The van der Waals surface area contributed by atoms with Crippen LogP contribution in [0.4, 0.5) is 0 Å². The van der Waals surface area contributed by atoms with E-state index in [0.717, 1.165) is 37.4 Å². The first kappa shape index (κ1) is 13.9. The van der Waals surface area contributed by atoms with E-state index in [4.69, 9.17) is 21.3 Å². The van der Waals surface area contributed by atoms with Crippen molar-refractivity contribution in [2.45, 2.75) is 44.5 Å². The first-order valence-corrected chi connectivity index (χ1v) is 7.66. The number of halogens is 1. The Hall–Kier alpha value is -1.06. The highest BCUT2D eigenvalue weighted by atomic mass is 35.5. The van der Waals surface area contributed by atoms with Crippen LogP contribution < -0.4 is 0 Å². The van der Waals surface area contributed by atoms with Gasteiger partial charge in [-0.1, -0.05) is 6.07 Å². The van der Waals surface area contributed by atoms with Crippen molar-refractivity contribution in [1.29, 1.82) is 0 Å². The third-order valence-corrected chi connectivity index (χ3v) is 4.50. The van der Waals surface area contributed by atoms with Gasteiger partial charge in [0, 0.05) is 18.8 Å². The van der Waals surface area contributed by atoms with Gasteiger partial charge >= 0.3 is 0 Å². The summed E-state index contributed by atoms with van der Waals surface area (Å²) in [5.74, 6) is 0.969. The topological polar surface area (TPSA) is 27.1 Å². The molecule has 20 heavy (non-hydrogen) atoms. The lowest BCUT2D eigenvalue weighted by molar-refractivity contribution is 0.0300. The number of hydrogen-bond acceptors (Lipinski definition) is 2. The van der Waals surface area contributed by atoms with Gasteiger partial charge in [-0.3, -0.25) is 0 Å². The van der Waals surface area contributed by atoms with E-state index in [1.807, 2.05) is 6.92 Å². The number of fused-ring (bicyclic) bond motifs is 1. The van der Waals surface area contributed by atoms with Crippen molar-refractivity contribution < 1.29 is 4.74 Å². The standard InChI is InChI=1S/C16H21ClN2O/c1-11-4-5-14-13(10-11)18-15(12(2)17)19(14)16(3)6-8-20-9-7-16/h4-5,10,12H,6-9H2,1-3H3. The number of aryl methyl sites for hydroxylation is 1. The molecule has 1 atom stereocenters. The highest BCUT2D eigenvalue weighted by Gasteiger charge is 2.33. The van der Waals surface area contributed by atoms with E-state index < -0.39 is 0 Å². The summed E-state index contributed by atoms with van der Waals surface area (Å²) in [5.41, 5.74) is 3.50. The van der Waals surface area contributed by atoms with Crippen LogP contribution in [0.3, 0.4) is 0 Å². The second-order valence-electron chi connectivity index (χ2n) is 6.02. The Bertz CT molecular complexity index is 627. The molecular formula is C16H21ClN2O. The first-order chi connectivity index (χ1) is 9.51. The molecule has 0 amide bonds. The lowest BCUT2D eigenvalue weighted by Crippen LogP contribution is -2.37. The Labute approximate surface area is 124 Å². The van der Waals surface area contributed by atoms with Gasteiger partial charge in [-0.15, -0.1) is 11.6 Å². The zero-order valence-electron chi connectivity index (χ0n) is 12.3. The molecule has 1 aromatic carbocycles. The number of nitrogens with zero attached hydrogens (tertiary/aromatic N) is 2. The van der Waals surface area contributed by atoms with E-state index in [1.54, 1.807) is 0 Å². The third-order valence-electron chi connectivity index (χ3n) is 4.30. The second-order valence-corrected chi connectivity index (χ2v) is 6.68. The molecule has 0 spiro atoms. The molecule has 3 rings (SSSR count). The number of ether oxygens (including phenoxy) is 1. The van der Waals surface area contributed by atoms with Crippen molar-refractivity contribution in [2.75, 3.05) is 13.2 Å². The van der Waals surface area contributed by atoms with Gasteiger partial charge in [0.25, 0.3) is 0 Å².